The molecule has 5 heteroatoms. The van der Waals surface area contributed by atoms with E-state index in [1.807, 2.05) is 49.4 Å². The van der Waals surface area contributed by atoms with Crippen LogP contribution in [-0.2, 0) is 17.8 Å². The number of hydrogen-bond donors (Lipinski definition) is 1. The largest absolute Gasteiger partial charge is 0.495 e. The van der Waals surface area contributed by atoms with Gasteiger partial charge in [0.2, 0.25) is 0 Å². The third-order valence-corrected chi connectivity index (χ3v) is 4.53. The number of carboxylic acids is 1. The van der Waals surface area contributed by atoms with E-state index in [1.54, 1.807) is 7.11 Å². The van der Waals surface area contributed by atoms with Crippen LogP contribution in [0.4, 0.5) is 0 Å². The van der Waals surface area contributed by atoms with Crippen LogP contribution in [0, 0.1) is 6.92 Å². The number of rotatable bonds is 5. The maximum Gasteiger partial charge on any atom is 0.307 e. The van der Waals surface area contributed by atoms with Crippen molar-refractivity contribution in [3.63, 3.8) is 0 Å². The molecule has 0 saturated heterocycles. The van der Waals surface area contributed by atoms with Gasteiger partial charge in [0.15, 0.2) is 0 Å². The average molecular weight is 344 g/mol. The molecule has 0 fully saturated rings. The van der Waals surface area contributed by atoms with Crippen LogP contribution in [0.5, 0.6) is 5.75 Å². The van der Waals surface area contributed by atoms with Gasteiger partial charge < -0.3 is 14.4 Å². The van der Waals surface area contributed by atoms with E-state index in [1.165, 1.54) is 0 Å². The summed E-state index contributed by atoms with van der Waals surface area (Å²) in [6.45, 7) is 2.60. The summed E-state index contributed by atoms with van der Waals surface area (Å²) < 4.78 is 7.40. The molecule has 0 aliphatic heterocycles. The fraction of sp³-hybridized carbons (Fsp3) is 0.211. The molecule has 1 N–H and O–H groups in total. The van der Waals surface area contributed by atoms with Crippen LogP contribution in [-0.4, -0.2) is 22.8 Å². The van der Waals surface area contributed by atoms with E-state index < -0.39 is 5.97 Å². The predicted octanol–water partition coefficient (Wildman–Crippen LogP) is 4.29. The molecule has 0 amide bonds. The number of nitrogens with zero attached hydrogens (tertiary/aromatic N) is 1. The Balaban J connectivity index is 2.22. The summed E-state index contributed by atoms with van der Waals surface area (Å²) in [5.74, 6) is -0.307. The van der Waals surface area contributed by atoms with Gasteiger partial charge in [0, 0.05) is 17.6 Å². The molecule has 124 valence electrons. The van der Waals surface area contributed by atoms with Crippen molar-refractivity contribution < 1.29 is 14.6 Å². The number of aromatic nitrogens is 1. The van der Waals surface area contributed by atoms with Crippen molar-refractivity contribution in [2.24, 2.45) is 0 Å². The average Bonchev–Trinajstić information content (AvgIpc) is 2.80. The summed E-state index contributed by atoms with van der Waals surface area (Å²) in [6.07, 6.45) is -0.0328. The molecule has 3 rings (SSSR count). The third kappa shape index (κ3) is 2.97. The van der Waals surface area contributed by atoms with Gasteiger partial charge in [0.25, 0.3) is 0 Å². The van der Waals surface area contributed by atoms with Crippen LogP contribution in [0.2, 0.25) is 5.02 Å². The standard InChI is InChI=1S/C19H18ClNO3/c1-12-14(9-19(22)23)15-8-18(24-2)16(20)10-17(15)21(12)11-13-6-4-3-5-7-13/h3-8,10H,9,11H2,1-2H3,(H,22,23). The first-order valence-corrected chi connectivity index (χ1v) is 8.00. The highest BCUT2D eigenvalue weighted by molar-refractivity contribution is 6.32. The lowest BCUT2D eigenvalue weighted by atomic mass is 10.1. The molecule has 0 radical (unpaired) electrons. The van der Waals surface area contributed by atoms with E-state index in [2.05, 4.69) is 4.57 Å². The monoisotopic (exact) mass is 343 g/mol. The highest BCUT2D eigenvalue weighted by Gasteiger charge is 2.18. The van der Waals surface area contributed by atoms with Gasteiger partial charge >= 0.3 is 5.97 Å². The second-order valence-electron chi connectivity index (χ2n) is 5.71. The molecule has 0 aliphatic rings. The second-order valence-corrected chi connectivity index (χ2v) is 6.12. The second kappa shape index (κ2) is 6.57. The summed E-state index contributed by atoms with van der Waals surface area (Å²) in [4.78, 5) is 11.3. The Bertz CT molecular complexity index is 900. The smallest absolute Gasteiger partial charge is 0.307 e. The predicted molar refractivity (Wildman–Crippen MR) is 95.1 cm³/mol. The Kier molecular flexibility index (Phi) is 4.49. The number of ether oxygens (including phenoxy) is 1. The summed E-state index contributed by atoms with van der Waals surface area (Å²) in [7, 11) is 1.55. The molecule has 0 atom stereocenters. The Morgan fingerprint density at radius 2 is 1.96 bits per heavy atom. The summed E-state index contributed by atoms with van der Waals surface area (Å²) in [5.41, 5.74) is 3.79. The number of fused-ring (bicyclic) bond motifs is 1. The quantitative estimate of drug-likeness (QED) is 0.752. The fourth-order valence-corrected chi connectivity index (χ4v) is 3.28. The minimum atomic E-state index is -0.856. The minimum absolute atomic E-state index is 0.0328. The molecule has 4 nitrogen and oxygen atoms in total. The highest BCUT2D eigenvalue weighted by atomic mass is 35.5. The SMILES string of the molecule is COc1cc2c(CC(=O)O)c(C)n(Cc3ccccc3)c2cc1Cl. The Morgan fingerprint density at radius 3 is 2.58 bits per heavy atom. The molecule has 1 heterocycles. The van der Waals surface area contributed by atoms with Crippen LogP contribution >= 0.6 is 11.6 Å². The van der Waals surface area contributed by atoms with Gasteiger partial charge in [-0.1, -0.05) is 41.9 Å². The van der Waals surface area contributed by atoms with Crippen LogP contribution in [0.1, 0.15) is 16.8 Å². The van der Waals surface area contributed by atoms with Gasteiger partial charge in [0.05, 0.1) is 24.1 Å². The van der Waals surface area contributed by atoms with Crippen LogP contribution in [0.15, 0.2) is 42.5 Å². The maximum absolute atomic E-state index is 11.3. The number of methoxy groups -OCH3 is 1. The summed E-state index contributed by atoms with van der Waals surface area (Å²) >= 11 is 6.29. The van der Waals surface area contributed by atoms with Gasteiger partial charge in [-0.25, -0.2) is 0 Å². The van der Waals surface area contributed by atoms with E-state index in [4.69, 9.17) is 16.3 Å². The molecular formula is C19H18ClNO3. The zero-order chi connectivity index (χ0) is 17.3. The van der Waals surface area contributed by atoms with Gasteiger partial charge in [-0.15, -0.1) is 0 Å². The van der Waals surface area contributed by atoms with Crippen LogP contribution in [0.3, 0.4) is 0 Å². The molecular weight excluding hydrogens is 326 g/mol. The summed E-state index contributed by atoms with van der Waals surface area (Å²) in [5, 5.41) is 10.6. The van der Waals surface area contributed by atoms with Crippen molar-refractivity contribution in [3.05, 3.63) is 64.3 Å². The molecule has 24 heavy (non-hydrogen) atoms. The molecule has 1 aromatic heterocycles. The van der Waals surface area contributed by atoms with Crippen molar-refractivity contribution in [1.29, 1.82) is 0 Å². The first-order valence-electron chi connectivity index (χ1n) is 7.62. The number of carboxylic acid groups (broad SMARTS) is 1. The first-order chi connectivity index (χ1) is 11.5. The van der Waals surface area contributed by atoms with Crippen molar-refractivity contribution in [3.8, 4) is 5.75 Å². The Labute approximate surface area is 145 Å². The first kappa shape index (κ1) is 16.4. The van der Waals surface area contributed by atoms with Crippen molar-refractivity contribution in [1.82, 2.24) is 4.57 Å². The number of benzene rings is 2. The Morgan fingerprint density at radius 1 is 1.25 bits per heavy atom. The van der Waals surface area contributed by atoms with E-state index in [-0.39, 0.29) is 6.42 Å². The minimum Gasteiger partial charge on any atom is -0.495 e. The molecule has 3 aromatic rings. The van der Waals surface area contributed by atoms with Gasteiger partial charge in [0.1, 0.15) is 5.75 Å². The topological polar surface area (TPSA) is 51.5 Å². The lowest BCUT2D eigenvalue weighted by Gasteiger charge is -2.10. The van der Waals surface area contributed by atoms with Crippen molar-refractivity contribution >= 4 is 28.5 Å². The number of carbonyl (C=O) groups is 1. The molecule has 0 unspecified atom stereocenters. The number of halogens is 1. The molecule has 0 bridgehead atoms. The zero-order valence-electron chi connectivity index (χ0n) is 13.5. The van der Waals surface area contributed by atoms with Crippen LogP contribution < -0.4 is 4.74 Å². The zero-order valence-corrected chi connectivity index (χ0v) is 14.3. The van der Waals surface area contributed by atoms with Gasteiger partial charge in [-0.05, 0) is 30.2 Å². The summed E-state index contributed by atoms with van der Waals surface area (Å²) in [6, 6.07) is 13.7. The third-order valence-electron chi connectivity index (χ3n) is 4.24. The van der Waals surface area contributed by atoms with Crippen molar-refractivity contribution in [2.75, 3.05) is 7.11 Å². The molecule has 0 spiro atoms. The molecule has 0 aliphatic carbocycles. The van der Waals surface area contributed by atoms with Gasteiger partial charge in [-0.3, -0.25) is 4.79 Å². The van der Waals surface area contributed by atoms with E-state index in [0.717, 1.165) is 27.7 Å². The van der Waals surface area contributed by atoms with E-state index in [9.17, 15) is 9.90 Å². The van der Waals surface area contributed by atoms with E-state index >= 15 is 0 Å². The molecule has 2 aromatic carbocycles. The lowest BCUT2D eigenvalue weighted by Crippen LogP contribution is -2.05. The maximum atomic E-state index is 11.3. The number of aliphatic carboxylic acids is 1. The fourth-order valence-electron chi connectivity index (χ4n) is 3.05. The molecule has 0 saturated carbocycles. The van der Waals surface area contributed by atoms with Crippen molar-refractivity contribution in [2.45, 2.75) is 19.9 Å². The lowest BCUT2D eigenvalue weighted by molar-refractivity contribution is -0.136. The van der Waals surface area contributed by atoms with E-state index in [0.29, 0.717) is 17.3 Å². The Hall–Kier alpha value is -2.46. The number of hydrogen-bond acceptors (Lipinski definition) is 2. The van der Waals surface area contributed by atoms with Gasteiger partial charge in [-0.2, -0.15) is 0 Å². The highest BCUT2D eigenvalue weighted by Crippen LogP contribution is 2.35. The normalized spacial score (nSPS) is 11.0. The van der Waals surface area contributed by atoms with Crippen LogP contribution in [0.25, 0.3) is 10.9 Å².